The van der Waals surface area contributed by atoms with Crippen molar-refractivity contribution in [3.8, 4) is 0 Å². The summed E-state index contributed by atoms with van der Waals surface area (Å²) in [5.74, 6) is 3.27. The number of likely N-dealkylation sites (tertiary alicyclic amines) is 1. The van der Waals surface area contributed by atoms with Gasteiger partial charge in [0.25, 0.3) is 0 Å². The van der Waals surface area contributed by atoms with Gasteiger partial charge in [0.2, 0.25) is 0 Å². The van der Waals surface area contributed by atoms with Gasteiger partial charge in [0.1, 0.15) is 0 Å². The predicted molar refractivity (Wildman–Crippen MR) is 78.9 cm³/mol. The Morgan fingerprint density at radius 3 is 2.16 bits per heavy atom. The molecule has 4 aliphatic carbocycles. The van der Waals surface area contributed by atoms with Crippen LogP contribution in [0.2, 0.25) is 0 Å². The minimum Gasteiger partial charge on any atom is -0.329 e. The maximum Gasteiger partial charge on any atom is 0.0218 e. The smallest absolute Gasteiger partial charge is 0.0218 e. The van der Waals surface area contributed by atoms with E-state index in [2.05, 4.69) is 4.90 Å². The van der Waals surface area contributed by atoms with E-state index in [1.807, 2.05) is 0 Å². The van der Waals surface area contributed by atoms with Crippen LogP contribution in [0.4, 0.5) is 0 Å². The van der Waals surface area contributed by atoms with Gasteiger partial charge in [-0.2, -0.15) is 0 Å². The van der Waals surface area contributed by atoms with Crippen molar-refractivity contribution in [1.29, 1.82) is 0 Å². The normalized spacial score (nSPS) is 49.7. The molecule has 4 bridgehead atoms. The molecule has 0 spiro atoms. The van der Waals surface area contributed by atoms with E-state index in [1.165, 1.54) is 32.4 Å². The largest absolute Gasteiger partial charge is 0.329 e. The topological polar surface area (TPSA) is 29.3 Å². The molecule has 2 nitrogen and oxygen atoms in total. The van der Waals surface area contributed by atoms with Gasteiger partial charge in [-0.3, -0.25) is 4.90 Å². The quantitative estimate of drug-likeness (QED) is 0.847. The van der Waals surface area contributed by atoms with E-state index in [4.69, 9.17) is 5.73 Å². The molecule has 4 saturated carbocycles. The molecule has 0 aromatic heterocycles. The van der Waals surface area contributed by atoms with Crippen molar-refractivity contribution in [2.24, 2.45) is 28.9 Å². The number of nitrogens with two attached hydrogens (primary N) is 1. The Labute approximate surface area is 118 Å². The lowest BCUT2D eigenvalue weighted by Gasteiger charge is -2.58. The van der Waals surface area contributed by atoms with Crippen LogP contribution in [-0.2, 0) is 0 Å². The van der Waals surface area contributed by atoms with Gasteiger partial charge in [0, 0.05) is 19.1 Å². The molecular weight excluding hydrogens is 232 g/mol. The molecule has 0 amide bonds. The van der Waals surface area contributed by atoms with Crippen molar-refractivity contribution in [1.82, 2.24) is 4.90 Å². The van der Waals surface area contributed by atoms with Crippen molar-refractivity contribution >= 4 is 0 Å². The Bertz CT molecular complexity index is 303. The van der Waals surface area contributed by atoms with E-state index in [9.17, 15) is 0 Å². The lowest BCUT2D eigenvalue weighted by molar-refractivity contribution is -0.0771. The number of piperidine rings is 1. The van der Waals surface area contributed by atoms with Gasteiger partial charge in [-0.25, -0.2) is 0 Å². The Balaban J connectivity index is 1.49. The van der Waals surface area contributed by atoms with Crippen LogP contribution in [0, 0.1) is 23.2 Å². The van der Waals surface area contributed by atoms with E-state index >= 15 is 0 Å². The molecule has 1 unspecified atom stereocenters. The molecule has 1 aliphatic heterocycles. The maximum absolute atomic E-state index is 6.02. The zero-order valence-corrected chi connectivity index (χ0v) is 12.3. The van der Waals surface area contributed by atoms with E-state index in [0.29, 0.717) is 11.5 Å². The van der Waals surface area contributed by atoms with E-state index in [-0.39, 0.29) is 0 Å². The van der Waals surface area contributed by atoms with Crippen LogP contribution in [0.5, 0.6) is 0 Å². The fourth-order valence-electron chi connectivity index (χ4n) is 6.45. The monoisotopic (exact) mass is 262 g/mol. The highest BCUT2D eigenvalue weighted by molar-refractivity contribution is 5.03. The lowest BCUT2D eigenvalue weighted by atomic mass is 9.49. The molecule has 2 heteroatoms. The zero-order chi connectivity index (χ0) is 12.9. The van der Waals surface area contributed by atoms with Crippen molar-refractivity contribution in [3.63, 3.8) is 0 Å². The third kappa shape index (κ3) is 2.25. The summed E-state index contributed by atoms with van der Waals surface area (Å²) in [6.45, 7) is 3.59. The van der Waals surface area contributed by atoms with E-state index in [1.54, 1.807) is 38.5 Å². The molecule has 0 aromatic carbocycles. The summed E-state index contributed by atoms with van der Waals surface area (Å²) in [6.07, 6.45) is 13.5. The summed E-state index contributed by atoms with van der Waals surface area (Å²) in [7, 11) is 0. The van der Waals surface area contributed by atoms with Gasteiger partial charge in [-0.1, -0.05) is 6.42 Å². The van der Waals surface area contributed by atoms with Crippen LogP contribution < -0.4 is 5.73 Å². The highest BCUT2D eigenvalue weighted by Crippen LogP contribution is 2.60. The molecule has 1 saturated heterocycles. The first kappa shape index (κ1) is 12.6. The van der Waals surface area contributed by atoms with Gasteiger partial charge in [0.05, 0.1) is 0 Å². The highest BCUT2D eigenvalue weighted by Gasteiger charge is 2.51. The van der Waals surface area contributed by atoms with Crippen LogP contribution >= 0.6 is 0 Å². The molecule has 5 rings (SSSR count). The minimum absolute atomic E-state index is 0.696. The molecule has 1 atom stereocenters. The number of rotatable bonds is 3. The van der Waals surface area contributed by atoms with Gasteiger partial charge in [-0.15, -0.1) is 0 Å². The average molecular weight is 262 g/mol. The first-order valence-corrected chi connectivity index (χ1v) is 8.70. The van der Waals surface area contributed by atoms with Crippen LogP contribution in [-0.4, -0.2) is 30.6 Å². The second-order valence-electron chi connectivity index (χ2n) is 8.27. The molecule has 0 aromatic rings. The molecule has 0 radical (unpaired) electrons. The van der Waals surface area contributed by atoms with Gasteiger partial charge in [-0.05, 0) is 81.1 Å². The molecule has 5 fully saturated rings. The SMILES string of the molecule is NCC1CCCCN1CC12CC3CC(CC(C3)C1)C2. The highest BCUT2D eigenvalue weighted by atomic mass is 15.2. The second kappa shape index (κ2) is 4.73. The van der Waals surface area contributed by atoms with Crippen molar-refractivity contribution in [2.45, 2.75) is 63.8 Å². The average Bonchev–Trinajstić information content (AvgIpc) is 2.37. The molecule has 5 aliphatic rings. The summed E-state index contributed by atoms with van der Waals surface area (Å²) in [5, 5.41) is 0. The first-order valence-electron chi connectivity index (χ1n) is 8.70. The molecule has 108 valence electrons. The van der Waals surface area contributed by atoms with E-state index in [0.717, 1.165) is 24.3 Å². The second-order valence-corrected chi connectivity index (χ2v) is 8.27. The number of hydrogen-bond donors (Lipinski definition) is 1. The Kier molecular flexibility index (Phi) is 3.15. The number of hydrogen-bond acceptors (Lipinski definition) is 2. The number of nitrogens with zero attached hydrogens (tertiary/aromatic N) is 1. The summed E-state index contributed by atoms with van der Waals surface area (Å²) in [5.41, 5.74) is 6.73. The fraction of sp³-hybridized carbons (Fsp3) is 1.00. The fourth-order valence-corrected chi connectivity index (χ4v) is 6.45. The van der Waals surface area contributed by atoms with Gasteiger partial charge >= 0.3 is 0 Å². The minimum atomic E-state index is 0.696. The van der Waals surface area contributed by atoms with Crippen LogP contribution in [0.15, 0.2) is 0 Å². The standard InChI is InChI=1S/C17H30N2/c18-11-16-3-1-2-4-19(16)12-17-8-13-5-14(9-17)7-15(6-13)10-17/h13-16H,1-12,18H2. The summed E-state index contributed by atoms with van der Waals surface area (Å²) < 4.78 is 0. The molecule has 1 heterocycles. The van der Waals surface area contributed by atoms with Crippen molar-refractivity contribution in [3.05, 3.63) is 0 Å². The molecule has 2 N–H and O–H groups in total. The zero-order valence-electron chi connectivity index (χ0n) is 12.3. The van der Waals surface area contributed by atoms with Gasteiger partial charge < -0.3 is 5.73 Å². The summed E-state index contributed by atoms with van der Waals surface area (Å²) >= 11 is 0. The third-order valence-corrected chi connectivity index (χ3v) is 6.72. The maximum atomic E-state index is 6.02. The van der Waals surface area contributed by atoms with E-state index < -0.39 is 0 Å². The Morgan fingerprint density at radius 2 is 1.58 bits per heavy atom. The van der Waals surface area contributed by atoms with Crippen molar-refractivity contribution < 1.29 is 0 Å². The summed E-state index contributed by atoms with van der Waals surface area (Å²) in [4.78, 5) is 2.79. The predicted octanol–water partition coefficient (Wildman–Crippen LogP) is 3.02. The molecular formula is C17H30N2. The van der Waals surface area contributed by atoms with Crippen LogP contribution in [0.3, 0.4) is 0 Å². The van der Waals surface area contributed by atoms with Gasteiger partial charge in [0.15, 0.2) is 0 Å². The summed E-state index contributed by atoms with van der Waals surface area (Å²) in [6, 6.07) is 0.696. The first-order chi connectivity index (χ1) is 9.26. The molecule has 19 heavy (non-hydrogen) atoms. The van der Waals surface area contributed by atoms with Crippen molar-refractivity contribution in [2.75, 3.05) is 19.6 Å². The third-order valence-electron chi connectivity index (χ3n) is 6.72. The van der Waals surface area contributed by atoms with Crippen LogP contribution in [0.1, 0.15) is 57.8 Å². The van der Waals surface area contributed by atoms with Crippen LogP contribution in [0.25, 0.3) is 0 Å². The lowest BCUT2D eigenvalue weighted by Crippen LogP contribution is -2.55. The Morgan fingerprint density at radius 1 is 0.947 bits per heavy atom. The Hall–Kier alpha value is -0.0800.